The lowest BCUT2D eigenvalue weighted by Crippen LogP contribution is -2.52. The van der Waals surface area contributed by atoms with E-state index in [0.29, 0.717) is 18.1 Å². The van der Waals surface area contributed by atoms with Gasteiger partial charge in [0.25, 0.3) is 0 Å². The van der Waals surface area contributed by atoms with E-state index in [1.165, 1.54) is 0 Å². The molecule has 2 bridgehead atoms. The first-order valence-corrected chi connectivity index (χ1v) is 9.13. The molecule has 0 unspecified atom stereocenters. The number of piperazine rings is 1. The Morgan fingerprint density at radius 3 is 2.36 bits per heavy atom. The van der Waals surface area contributed by atoms with Gasteiger partial charge in [-0.2, -0.15) is 0 Å². The maximum absolute atomic E-state index is 13.0. The van der Waals surface area contributed by atoms with Crippen LogP contribution in [0.1, 0.15) is 6.42 Å². The largest absolute Gasteiger partial charge is 0.481 e. The van der Waals surface area contributed by atoms with Gasteiger partial charge in [0.15, 0.2) is 0 Å². The Balaban J connectivity index is 1.43. The maximum atomic E-state index is 13.0. The third kappa shape index (κ3) is 2.91. The Bertz CT molecular complexity index is 727. The van der Waals surface area contributed by atoms with Crippen molar-refractivity contribution in [3.05, 3.63) is 41.4 Å². The second-order valence-electron chi connectivity index (χ2n) is 7.13. The highest BCUT2D eigenvalue weighted by Gasteiger charge is 2.52. The number of anilines is 1. The minimum absolute atomic E-state index is 0.00925. The van der Waals surface area contributed by atoms with E-state index in [9.17, 15) is 14.7 Å². The lowest BCUT2D eigenvalue weighted by Gasteiger charge is -2.38. The zero-order valence-corrected chi connectivity index (χ0v) is 14.6. The fraction of sp³-hybridized carbons (Fsp3) is 0.474. The van der Waals surface area contributed by atoms with Crippen LogP contribution in [0.15, 0.2) is 36.4 Å². The molecule has 6 heteroatoms. The van der Waals surface area contributed by atoms with E-state index >= 15 is 0 Å². The average molecular weight is 361 g/mol. The van der Waals surface area contributed by atoms with Gasteiger partial charge >= 0.3 is 5.97 Å². The Kier molecular flexibility index (Phi) is 4.20. The molecule has 1 aromatic rings. The van der Waals surface area contributed by atoms with Crippen molar-refractivity contribution in [1.82, 2.24) is 4.90 Å². The number of carboxylic acids is 1. The van der Waals surface area contributed by atoms with Crippen molar-refractivity contribution in [3.63, 3.8) is 0 Å². The summed E-state index contributed by atoms with van der Waals surface area (Å²) in [6, 6.07) is 7.72. The number of hydrogen-bond donors (Lipinski definition) is 1. The Hall–Kier alpha value is -2.01. The van der Waals surface area contributed by atoms with Gasteiger partial charge in [0.1, 0.15) is 0 Å². The summed E-state index contributed by atoms with van der Waals surface area (Å²) in [5.41, 5.74) is 1.06. The van der Waals surface area contributed by atoms with Gasteiger partial charge in [-0.15, -0.1) is 0 Å². The Morgan fingerprint density at radius 1 is 1.04 bits per heavy atom. The molecule has 3 aliphatic rings. The van der Waals surface area contributed by atoms with Crippen LogP contribution >= 0.6 is 11.6 Å². The summed E-state index contributed by atoms with van der Waals surface area (Å²) in [5.74, 6) is -1.69. The van der Waals surface area contributed by atoms with E-state index in [0.717, 1.165) is 25.2 Å². The van der Waals surface area contributed by atoms with Gasteiger partial charge in [0.2, 0.25) is 5.91 Å². The van der Waals surface area contributed by atoms with Gasteiger partial charge in [-0.25, -0.2) is 0 Å². The van der Waals surface area contributed by atoms with Crippen LogP contribution in [0.25, 0.3) is 0 Å². The molecule has 0 radical (unpaired) electrons. The first-order valence-electron chi connectivity index (χ1n) is 8.75. The molecule has 1 aromatic carbocycles. The minimum atomic E-state index is -0.840. The average Bonchev–Trinajstić information content (AvgIpc) is 3.22. The van der Waals surface area contributed by atoms with Crippen LogP contribution in [0.4, 0.5) is 5.69 Å². The van der Waals surface area contributed by atoms with Gasteiger partial charge in [0.05, 0.1) is 11.8 Å². The third-order valence-electron chi connectivity index (χ3n) is 5.79. The van der Waals surface area contributed by atoms with Crippen LogP contribution in [-0.2, 0) is 9.59 Å². The van der Waals surface area contributed by atoms with Crippen LogP contribution in [-0.4, -0.2) is 48.1 Å². The molecule has 5 nitrogen and oxygen atoms in total. The molecular weight excluding hydrogens is 340 g/mol. The number of rotatable bonds is 3. The number of benzene rings is 1. The highest BCUT2D eigenvalue weighted by Crippen LogP contribution is 2.48. The highest BCUT2D eigenvalue weighted by atomic mass is 35.5. The number of amides is 1. The molecule has 1 aliphatic heterocycles. The Labute approximate surface area is 151 Å². The van der Waals surface area contributed by atoms with Crippen LogP contribution in [0.5, 0.6) is 0 Å². The number of aliphatic carboxylic acids is 1. The topological polar surface area (TPSA) is 60.9 Å². The van der Waals surface area contributed by atoms with Crippen LogP contribution in [0, 0.1) is 23.7 Å². The zero-order chi connectivity index (χ0) is 17.6. The smallest absolute Gasteiger partial charge is 0.307 e. The monoisotopic (exact) mass is 360 g/mol. The standard InChI is InChI=1S/C19H21ClN2O3/c20-14-2-1-3-15(11-14)21-6-8-22(9-7-21)18(23)16-12-4-5-13(10-12)17(16)19(24)25/h1-5,11-13,16-17H,6-10H2,(H,24,25)/t12-,13+,16-,17+/m1/s1. The number of hydrogen-bond acceptors (Lipinski definition) is 3. The van der Waals surface area contributed by atoms with Crippen LogP contribution < -0.4 is 4.90 Å². The first-order chi connectivity index (χ1) is 12.0. The van der Waals surface area contributed by atoms with Crippen molar-refractivity contribution >= 4 is 29.2 Å². The lowest BCUT2D eigenvalue weighted by atomic mass is 9.82. The fourth-order valence-electron chi connectivity index (χ4n) is 4.56. The summed E-state index contributed by atoms with van der Waals surface area (Å²) in [7, 11) is 0. The van der Waals surface area contributed by atoms with Crippen molar-refractivity contribution in [3.8, 4) is 0 Å². The third-order valence-corrected chi connectivity index (χ3v) is 6.03. The molecule has 2 aliphatic carbocycles. The van der Waals surface area contributed by atoms with Gasteiger partial charge in [-0.05, 0) is 36.5 Å². The molecule has 1 amide bonds. The quantitative estimate of drug-likeness (QED) is 0.841. The second kappa shape index (κ2) is 6.37. The summed E-state index contributed by atoms with van der Waals surface area (Å²) in [6.45, 7) is 2.71. The van der Waals surface area contributed by atoms with Crippen molar-refractivity contribution in [2.75, 3.05) is 31.1 Å². The van der Waals surface area contributed by atoms with E-state index in [4.69, 9.17) is 11.6 Å². The van der Waals surface area contributed by atoms with Crippen LogP contribution in [0.2, 0.25) is 5.02 Å². The number of carbonyl (C=O) groups excluding carboxylic acids is 1. The molecule has 0 aromatic heterocycles. The first kappa shape index (κ1) is 16.5. The summed E-state index contributed by atoms with van der Waals surface area (Å²) in [5, 5.41) is 10.2. The number of allylic oxidation sites excluding steroid dienone is 2. The fourth-order valence-corrected chi connectivity index (χ4v) is 4.75. The van der Waals surface area contributed by atoms with Crippen molar-refractivity contribution in [2.45, 2.75) is 6.42 Å². The molecule has 132 valence electrons. The van der Waals surface area contributed by atoms with E-state index < -0.39 is 17.8 Å². The second-order valence-corrected chi connectivity index (χ2v) is 7.57. The van der Waals surface area contributed by atoms with Gasteiger partial charge in [-0.1, -0.05) is 29.8 Å². The van der Waals surface area contributed by atoms with Gasteiger partial charge in [-0.3, -0.25) is 9.59 Å². The van der Waals surface area contributed by atoms with Crippen molar-refractivity contribution < 1.29 is 14.7 Å². The number of halogens is 1. The molecule has 2 fully saturated rings. The predicted molar refractivity (Wildman–Crippen MR) is 95.6 cm³/mol. The minimum Gasteiger partial charge on any atom is -0.481 e. The molecule has 1 saturated heterocycles. The number of nitrogens with zero attached hydrogens (tertiary/aromatic N) is 2. The molecule has 4 atom stereocenters. The predicted octanol–water partition coefficient (Wildman–Crippen LogP) is 2.51. The van der Waals surface area contributed by atoms with E-state index in [1.54, 1.807) is 0 Å². The summed E-state index contributed by atoms with van der Waals surface area (Å²) in [4.78, 5) is 28.7. The molecule has 1 heterocycles. The number of carbonyl (C=O) groups is 2. The number of carboxylic acid groups (broad SMARTS) is 1. The Morgan fingerprint density at radius 2 is 1.72 bits per heavy atom. The van der Waals surface area contributed by atoms with Crippen LogP contribution in [0.3, 0.4) is 0 Å². The summed E-state index contributed by atoms with van der Waals surface area (Å²) in [6.07, 6.45) is 4.81. The molecule has 25 heavy (non-hydrogen) atoms. The molecule has 1 saturated carbocycles. The molecule has 0 spiro atoms. The van der Waals surface area contributed by atoms with Gasteiger partial charge in [0, 0.05) is 36.9 Å². The zero-order valence-electron chi connectivity index (χ0n) is 13.8. The van der Waals surface area contributed by atoms with Gasteiger partial charge < -0.3 is 14.9 Å². The van der Waals surface area contributed by atoms with Crippen molar-refractivity contribution in [1.29, 1.82) is 0 Å². The van der Waals surface area contributed by atoms with Crippen molar-refractivity contribution in [2.24, 2.45) is 23.7 Å². The summed E-state index contributed by atoms with van der Waals surface area (Å²) < 4.78 is 0. The lowest BCUT2D eigenvalue weighted by molar-refractivity contribution is -0.151. The highest BCUT2D eigenvalue weighted by molar-refractivity contribution is 6.30. The molecule has 1 N–H and O–H groups in total. The SMILES string of the molecule is O=C(O)[C@@H]1[C@H](C(=O)N2CCN(c3cccc(Cl)c3)CC2)[C@@H]2C=C[C@H]1C2. The number of fused-ring (bicyclic) bond motifs is 2. The normalized spacial score (nSPS) is 30.8. The maximum Gasteiger partial charge on any atom is 0.307 e. The van der Waals surface area contributed by atoms with E-state index in [2.05, 4.69) is 4.90 Å². The summed E-state index contributed by atoms with van der Waals surface area (Å²) >= 11 is 6.06. The molecule has 4 rings (SSSR count). The van der Waals surface area contributed by atoms with E-state index in [1.807, 2.05) is 41.3 Å². The molecular formula is C19H21ClN2O3. The van der Waals surface area contributed by atoms with E-state index in [-0.39, 0.29) is 17.7 Å².